The number of rotatable bonds is 5. The Morgan fingerprint density at radius 2 is 1.76 bits per heavy atom. The van der Waals surface area contributed by atoms with E-state index in [1.165, 1.54) is 101 Å². The first-order chi connectivity index (χ1) is 34.2. The molecule has 8 heteroatoms. The number of piperidine rings is 2. The van der Waals surface area contributed by atoms with Crippen LogP contribution in [0.5, 0.6) is 0 Å². The molecule has 370 valence electrons. The Kier molecular flexibility index (Phi) is 9.05. The molecule has 3 saturated heterocycles. The third-order valence-electron chi connectivity index (χ3n) is 24.4. The molecule has 7 fully saturated rings. The first-order valence-corrected chi connectivity index (χ1v) is 29.2. The molecular formula is C62H77N3O5. The molecule has 1 aromatic carbocycles. The summed E-state index contributed by atoms with van der Waals surface area (Å²) in [6.45, 7) is 6.42. The van der Waals surface area contributed by atoms with Gasteiger partial charge in [0.2, 0.25) is 0 Å². The molecule has 0 radical (unpaired) electrons. The van der Waals surface area contributed by atoms with Crippen LogP contribution in [0.4, 0.5) is 0 Å². The third-order valence-corrected chi connectivity index (χ3v) is 24.4. The van der Waals surface area contributed by atoms with E-state index in [-0.39, 0.29) is 41.5 Å². The van der Waals surface area contributed by atoms with Gasteiger partial charge in [-0.3, -0.25) is 9.69 Å². The summed E-state index contributed by atoms with van der Waals surface area (Å²) in [6, 6.07) is 7.14. The molecule has 70 heavy (non-hydrogen) atoms. The van der Waals surface area contributed by atoms with Gasteiger partial charge in [0.25, 0.3) is 0 Å². The van der Waals surface area contributed by atoms with Crippen molar-refractivity contribution in [3.63, 3.8) is 0 Å². The van der Waals surface area contributed by atoms with Crippen molar-refractivity contribution in [2.75, 3.05) is 26.2 Å². The zero-order chi connectivity index (χ0) is 46.6. The number of aliphatic hydroxyl groups is 1. The fourth-order valence-electron chi connectivity index (χ4n) is 22.4. The van der Waals surface area contributed by atoms with E-state index in [1.807, 2.05) is 0 Å². The first-order valence-electron chi connectivity index (χ1n) is 29.2. The number of aryl methyl sites for hydroxylation is 1. The summed E-state index contributed by atoms with van der Waals surface area (Å²) >= 11 is 0. The number of hydrogen-bond donors (Lipinski definition) is 2. The van der Waals surface area contributed by atoms with Crippen LogP contribution in [-0.4, -0.2) is 65.1 Å². The molecule has 19 rings (SSSR count). The SMILES string of the molecule is CC1CC2=C3C4C5=C6C(C=CC(C7CCCC7)CC7C68C(=O)OC(=C(O)CC(C6CC9C=CC%10CCCC%10(C9)C6)N6CC9CC(C6)C(CC2)N3C9)C8(CC5)C72OC(=O)c3c(CCCN)cccc32)CC14. The zero-order valence-electron chi connectivity index (χ0n) is 41.9. The van der Waals surface area contributed by atoms with Crippen LogP contribution in [-0.2, 0) is 26.3 Å². The van der Waals surface area contributed by atoms with Crippen molar-refractivity contribution in [3.8, 4) is 0 Å². The molecule has 8 nitrogen and oxygen atoms in total. The molecule has 4 saturated carbocycles. The lowest BCUT2D eigenvalue weighted by molar-refractivity contribution is -0.282. The molecule has 0 aromatic heterocycles. The standard InChI is InChI=1S/C62H77N3O5/c1-34-23-41-16-18-48-43-25-36-31-64(33-43)49(42-24-35-13-17-44-11-5-20-59(44,29-35)30-42)28-50(66)56-60-21-19-45-53(55(41)65(48)32-36)46(34)26-40-15-14-39(37-7-2-3-8-37)27-51(61(60,54(40)45)58(68)69-56)62(60)47-12-4-9-38(10-6-22-63)52(47)57(67)70-62/h4,9,12-15,17,34-37,39-40,42-44,46,48-49,51,53,66H,2-3,5-8,10-11,16,18-33,63H2,1H3. The number of ether oxygens (including phenoxy) is 2. The largest absolute Gasteiger partial charge is 0.509 e. The summed E-state index contributed by atoms with van der Waals surface area (Å²) in [5.41, 5.74) is 12.2. The minimum Gasteiger partial charge on any atom is -0.509 e. The van der Waals surface area contributed by atoms with E-state index in [0.29, 0.717) is 102 Å². The average molecular weight is 944 g/mol. The number of nitrogens with two attached hydrogens (primary N) is 1. The van der Waals surface area contributed by atoms with Gasteiger partial charge in [-0.25, -0.2) is 4.79 Å². The Bertz CT molecular complexity index is 2650. The molecule has 9 aliphatic carbocycles. The number of benzene rings is 1. The highest BCUT2D eigenvalue weighted by molar-refractivity contribution is 6.00. The van der Waals surface area contributed by atoms with E-state index in [2.05, 4.69) is 59.2 Å². The van der Waals surface area contributed by atoms with E-state index >= 15 is 9.59 Å². The lowest BCUT2D eigenvalue weighted by Crippen LogP contribution is -2.78. The van der Waals surface area contributed by atoms with Crippen molar-refractivity contribution in [1.29, 1.82) is 0 Å². The van der Waals surface area contributed by atoms with Gasteiger partial charge in [0, 0.05) is 61.2 Å². The van der Waals surface area contributed by atoms with Gasteiger partial charge >= 0.3 is 11.9 Å². The molecular weight excluding hydrogens is 867 g/mol. The quantitative estimate of drug-likeness (QED) is 0.222. The van der Waals surface area contributed by atoms with E-state index in [4.69, 9.17) is 15.2 Å². The normalized spacial score (nSPS) is 48.7. The second-order valence-electron chi connectivity index (χ2n) is 27.0. The van der Waals surface area contributed by atoms with E-state index in [1.54, 1.807) is 11.3 Å². The lowest BCUT2D eigenvalue weighted by Gasteiger charge is -2.73. The summed E-state index contributed by atoms with van der Waals surface area (Å²) in [6.07, 6.45) is 33.3. The second kappa shape index (κ2) is 14.8. The van der Waals surface area contributed by atoms with Crippen molar-refractivity contribution in [2.45, 2.75) is 159 Å². The topological polar surface area (TPSA) is 105 Å². The van der Waals surface area contributed by atoms with Crippen LogP contribution in [0.3, 0.4) is 0 Å². The lowest BCUT2D eigenvalue weighted by atomic mass is 9.27. The van der Waals surface area contributed by atoms with Gasteiger partial charge in [-0.05, 0) is 191 Å². The van der Waals surface area contributed by atoms with Crippen molar-refractivity contribution >= 4 is 11.9 Å². The zero-order valence-corrected chi connectivity index (χ0v) is 41.9. The molecule has 18 unspecified atom stereocenters. The summed E-state index contributed by atoms with van der Waals surface area (Å²) in [5.74, 6) is 5.29. The Labute approximate surface area is 416 Å². The van der Waals surface area contributed by atoms with Gasteiger partial charge < -0.3 is 25.2 Å². The molecule has 18 aliphatic rings. The van der Waals surface area contributed by atoms with Crippen LogP contribution < -0.4 is 5.73 Å². The highest BCUT2D eigenvalue weighted by atomic mass is 16.6. The van der Waals surface area contributed by atoms with Crippen LogP contribution in [0.1, 0.15) is 157 Å². The Balaban J connectivity index is 0.965. The number of hydrogen-bond acceptors (Lipinski definition) is 8. The molecule has 3 N–H and O–H groups in total. The van der Waals surface area contributed by atoms with Gasteiger partial charge in [0.05, 0.1) is 11.0 Å². The predicted octanol–water partition coefficient (Wildman–Crippen LogP) is 11.2. The monoisotopic (exact) mass is 944 g/mol. The Hall–Kier alpha value is -3.62. The number of carbonyl (C=O) groups is 2. The van der Waals surface area contributed by atoms with Gasteiger partial charge in [-0.15, -0.1) is 0 Å². The van der Waals surface area contributed by atoms with Crippen LogP contribution in [0, 0.1) is 87.3 Å². The second-order valence-corrected chi connectivity index (χ2v) is 27.0. The maximum Gasteiger partial charge on any atom is 0.339 e. The van der Waals surface area contributed by atoms with Gasteiger partial charge in [-0.2, -0.15) is 0 Å². The van der Waals surface area contributed by atoms with Gasteiger partial charge in [0.1, 0.15) is 11.2 Å². The van der Waals surface area contributed by atoms with Gasteiger partial charge in [-0.1, -0.05) is 79.8 Å². The number of aliphatic hydroxyl groups excluding tert-OH is 1. The Morgan fingerprint density at radius 3 is 2.64 bits per heavy atom. The van der Waals surface area contributed by atoms with Gasteiger partial charge in [0.15, 0.2) is 11.4 Å². The van der Waals surface area contributed by atoms with Crippen molar-refractivity contribution in [1.82, 2.24) is 9.80 Å². The Morgan fingerprint density at radius 1 is 0.857 bits per heavy atom. The summed E-state index contributed by atoms with van der Waals surface area (Å²) < 4.78 is 14.6. The molecule has 4 spiro atoms. The van der Waals surface area contributed by atoms with E-state index < -0.39 is 16.4 Å². The molecule has 1 aromatic rings. The predicted molar refractivity (Wildman–Crippen MR) is 267 cm³/mol. The number of esters is 2. The summed E-state index contributed by atoms with van der Waals surface area (Å²) in [4.78, 5) is 37.7. The molecule has 14 bridgehead atoms. The maximum absolute atomic E-state index is 16.5. The molecule has 9 aliphatic heterocycles. The first kappa shape index (κ1) is 42.8. The molecule has 18 atom stereocenters. The fourth-order valence-corrected chi connectivity index (χ4v) is 22.4. The number of fused-ring (bicyclic) bond motifs is 4. The van der Waals surface area contributed by atoms with E-state index in [0.717, 1.165) is 56.4 Å². The minimum atomic E-state index is -1.14. The number of carbonyl (C=O) groups excluding carboxylic acids is 2. The highest BCUT2D eigenvalue weighted by Gasteiger charge is 2.94. The smallest absolute Gasteiger partial charge is 0.339 e. The van der Waals surface area contributed by atoms with Crippen LogP contribution in [0.25, 0.3) is 0 Å². The van der Waals surface area contributed by atoms with Crippen LogP contribution in [0.2, 0.25) is 0 Å². The third kappa shape index (κ3) is 5.14. The summed E-state index contributed by atoms with van der Waals surface area (Å²) in [5, 5.41) is 13.8. The van der Waals surface area contributed by atoms with Crippen molar-refractivity contribution < 1.29 is 24.2 Å². The summed E-state index contributed by atoms with van der Waals surface area (Å²) in [7, 11) is 0. The van der Waals surface area contributed by atoms with Crippen molar-refractivity contribution in [2.24, 2.45) is 93.0 Å². The minimum absolute atomic E-state index is 0.107. The van der Waals surface area contributed by atoms with Crippen LogP contribution in [0.15, 0.2) is 76.4 Å². The number of allylic oxidation sites excluding steroid dienone is 6. The molecule has 0 amide bonds. The highest BCUT2D eigenvalue weighted by Crippen LogP contribution is 2.88. The maximum atomic E-state index is 16.5. The van der Waals surface area contributed by atoms with Crippen molar-refractivity contribution in [3.05, 3.63) is 93.1 Å². The van der Waals surface area contributed by atoms with Crippen LogP contribution >= 0.6 is 0 Å². The average Bonchev–Trinajstić information content (AvgIpc) is 4.15. The fraction of sp³-hybridized carbons (Fsp3) is 0.710. The molecule has 9 heterocycles. The number of nitrogens with zero attached hydrogens (tertiary/aromatic N) is 2. The van der Waals surface area contributed by atoms with E-state index in [9.17, 15) is 5.11 Å².